The number of carbonyl (C=O) groups excluding carboxylic acids is 1. The zero-order chi connectivity index (χ0) is 13.0. The van der Waals surface area contributed by atoms with Crippen molar-refractivity contribution in [1.29, 1.82) is 0 Å². The van der Waals surface area contributed by atoms with Crippen LogP contribution >= 0.6 is 27.5 Å². The van der Waals surface area contributed by atoms with Gasteiger partial charge in [0.1, 0.15) is 0 Å². The van der Waals surface area contributed by atoms with Crippen molar-refractivity contribution in [3.05, 3.63) is 27.2 Å². The third-order valence-corrected chi connectivity index (χ3v) is 3.82. The number of halogens is 2. The first kappa shape index (κ1) is 14.5. The highest BCUT2D eigenvalue weighted by Crippen LogP contribution is 2.29. The number of anilines is 1. The summed E-state index contributed by atoms with van der Waals surface area (Å²) in [5.41, 5.74) is 1.72. The number of hydrogen-bond donors (Lipinski definition) is 1. The third-order valence-electron chi connectivity index (χ3n) is 2.75. The molecular formula is C13H17BrClNO. The van der Waals surface area contributed by atoms with Crippen LogP contribution in [0.1, 0.15) is 32.3 Å². The van der Waals surface area contributed by atoms with E-state index in [0.29, 0.717) is 17.4 Å². The highest BCUT2D eigenvalue weighted by atomic mass is 79.9. The van der Waals surface area contributed by atoms with Gasteiger partial charge in [0, 0.05) is 15.9 Å². The van der Waals surface area contributed by atoms with Crippen LogP contribution in [0.4, 0.5) is 5.69 Å². The van der Waals surface area contributed by atoms with E-state index in [1.807, 2.05) is 13.0 Å². The Balaban J connectivity index is 2.75. The summed E-state index contributed by atoms with van der Waals surface area (Å²) >= 11 is 9.45. The van der Waals surface area contributed by atoms with E-state index in [4.69, 9.17) is 11.6 Å². The van der Waals surface area contributed by atoms with E-state index in [2.05, 4.69) is 35.1 Å². The second-order valence-electron chi connectivity index (χ2n) is 4.35. The SMILES string of the molecule is CCC(C)CC(=O)Nc1cc(Cl)c(C)cc1Br. The number of benzene rings is 1. The lowest BCUT2D eigenvalue weighted by Gasteiger charge is -2.11. The summed E-state index contributed by atoms with van der Waals surface area (Å²) in [5.74, 6) is 0.426. The number of carbonyl (C=O) groups is 1. The van der Waals surface area contributed by atoms with Crippen LogP contribution in [0.25, 0.3) is 0 Å². The second-order valence-corrected chi connectivity index (χ2v) is 5.61. The molecule has 0 aliphatic carbocycles. The molecule has 1 atom stereocenters. The zero-order valence-electron chi connectivity index (χ0n) is 10.3. The van der Waals surface area contributed by atoms with E-state index in [0.717, 1.165) is 22.1 Å². The quantitative estimate of drug-likeness (QED) is 0.850. The molecule has 1 N–H and O–H groups in total. The van der Waals surface area contributed by atoms with Crippen LogP contribution in [0.15, 0.2) is 16.6 Å². The van der Waals surface area contributed by atoms with Crippen molar-refractivity contribution in [3.8, 4) is 0 Å². The molecule has 0 aliphatic rings. The standard InChI is InChI=1S/C13H17BrClNO/c1-4-8(2)5-13(17)16-12-7-11(15)9(3)6-10(12)14/h6-8H,4-5H2,1-3H3,(H,16,17). The van der Waals surface area contributed by atoms with Crippen molar-refractivity contribution in [1.82, 2.24) is 0 Å². The topological polar surface area (TPSA) is 29.1 Å². The van der Waals surface area contributed by atoms with Crippen LogP contribution in [0.5, 0.6) is 0 Å². The van der Waals surface area contributed by atoms with Crippen LogP contribution in [0.2, 0.25) is 5.02 Å². The Bertz CT molecular complexity index is 420. The largest absolute Gasteiger partial charge is 0.325 e. The van der Waals surface area contributed by atoms with Crippen molar-refractivity contribution in [3.63, 3.8) is 0 Å². The Hall–Kier alpha value is -0.540. The average Bonchev–Trinajstić information content (AvgIpc) is 2.25. The van der Waals surface area contributed by atoms with Crippen molar-refractivity contribution >= 4 is 39.1 Å². The number of amides is 1. The Morgan fingerprint density at radius 2 is 2.18 bits per heavy atom. The first-order valence-electron chi connectivity index (χ1n) is 5.69. The molecule has 0 aliphatic heterocycles. The van der Waals surface area contributed by atoms with Crippen LogP contribution in [0.3, 0.4) is 0 Å². The summed E-state index contributed by atoms with van der Waals surface area (Å²) in [5, 5.41) is 3.53. The number of hydrogen-bond acceptors (Lipinski definition) is 1. The van der Waals surface area contributed by atoms with Crippen LogP contribution in [0, 0.1) is 12.8 Å². The van der Waals surface area contributed by atoms with Gasteiger partial charge in [0.25, 0.3) is 0 Å². The molecule has 0 aromatic heterocycles. The van der Waals surface area contributed by atoms with Gasteiger partial charge in [-0.15, -0.1) is 0 Å². The van der Waals surface area contributed by atoms with Gasteiger partial charge in [-0.3, -0.25) is 4.79 Å². The van der Waals surface area contributed by atoms with Crippen molar-refractivity contribution in [2.24, 2.45) is 5.92 Å². The van der Waals surface area contributed by atoms with E-state index in [1.54, 1.807) is 6.07 Å². The molecule has 1 aromatic carbocycles. The highest BCUT2D eigenvalue weighted by Gasteiger charge is 2.10. The van der Waals surface area contributed by atoms with E-state index >= 15 is 0 Å². The minimum atomic E-state index is 0.0277. The molecule has 0 bridgehead atoms. The molecular weight excluding hydrogens is 302 g/mol. The van der Waals surface area contributed by atoms with Crippen molar-refractivity contribution < 1.29 is 4.79 Å². The maximum atomic E-state index is 11.8. The smallest absolute Gasteiger partial charge is 0.224 e. The van der Waals surface area contributed by atoms with Gasteiger partial charge in [0.05, 0.1) is 5.69 Å². The lowest BCUT2D eigenvalue weighted by atomic mass is 10.1. The number of aryl methyl sites for hydroxylation is 1. The van der Waals surface area contributed by atoms with Gasteiger partial charge in [-0.2, -0.15) is 0 Å². The summed E-state index contributed by atoms with van der Waals surface area (Å²) in [6.07, 6.45) is 1.54. The average molecular weight is 319 g/mol. The fraction of sp³-hybridized carbons (Fsp3) is 0.462. The second kappa shape index (κ2) is 6.41. The Labute approximate surface area is 116 Å². The lowest BCUT2D eigenvalue weighted by molar-refractivity contribution is -0.117. The molecule has 0 spiro atoms. The van der Waals surface area contributed by atoms with E-state index in [1.165, 1.54) is 0 Å². The fourth-order valence-electron chi connectivity index (χ4n) is 1.40. The molecule has 0 heterocycles. The van der Waals surface area contributed by atoms with Gasteiger partial charge in [-0.25, -0.2) is 0 Å². The normalized spacial score (nSPS) is 12.3. The zero-order valence-corrected chi connectivity index (χ0v) is 12.7. The van der Waals surface area contributed by atoms with Crippen LogP contribution in [-0.2, 0) is 4.79 Å². The number of nitrogens with one attached hydrogen (secondary N) is 1. The third kappa shape index (κ3) is 4.32. The van der Waals surface area contributed by atoms with Gasteiger partial charge < -0.3 is 5.32 Å². The van der Waals surface area contributed by atoms with Gasteiger partial charge >= 0.3 is 0 Å². The monoisotopic (exact) mass is 317 g/mol. The molecule has 0 saturated heterocycles. The van der Waals surface area contributed by atoms with Gasteiger partial charge in [-0.1, -0.05) is 31.9 Å². The van der Waals surface area contributed by atoms with Crippen LogP contribution < -0.4 is 5.32 Å². The van der Waals surface area contributed by atoms with Gasteiger partial charge in [0.2, 0.25) is 5.91 Å². The summed E-state index contributed by atoms with van der Waals surface area (Å²) in [6, 6.07) is 3.68. The first-order valence-corrected chi connectivity index (χ1v) is 6.86. The minimum absolute atomic E-state index is 0.0277. The predicted octanol–water partition coefficient (Wildman–Crippen LogP) is 4.79. The highest BCUT2D eigenvalue weighted by molar-refractivity contribution is 9.10. The molecule has 0 saturated carbocycles. The minimum Gasteiger partial charge on any atom is -0.325 e. The molecule has 0 radical (unpaired) electrons. The van der Waals surface area contributed by atoms with E-state index < -0.39 is 0 Å². The maximum absolute atomic E-state index is 11.8. The van der Waals surface area contributed by atoms with Gasteiger partial charge in [0.15, 0.2) is 0 Å². The van der Waals surface area contributed by atoms with E-state index in [-0.39, 0.29) is 5.91 Å². The Morgan fingerprint density at radius 3 is 2.76 bits per heavy atom. The van der Waals surface area contributed by atoms with Crippen molar-refractivity contribution in [2.75, 3.05) is 5.32 Å². The van der Waals surface area contributed by atoms with Crippen molar-refractivity contribution in [2.45, 2.75) is 33.6 Å². The Kier molecular flexibility index (Phi) is 5.47. The summed E-state index contributed by atoms with van der Waals surface area (Å²) in [7, 11) is 0. The van der Waals surface area contributed by atoms with E-state index in [9.17, 15) is 4.79 Å². The molecule has 1 amide bonds. The Morgan fingerprint density at radius 1 is 1.53 bits per heavy atom. The molecule has 94 valence electrons. The molecule has 17 heavy (non-hydrogen) atoms. The molecule has 1 unspecified atom stereocenters. The summed E-state index contributed by atoms with van der Waals surface area (Å²) < 4.78 is 0.858. The lowest BCUT2D eigenvalue weighted by Crippen LogP contribution is -2.15. The van der Waals surface area contributed by atoms with Gasteiger partial charge in [-0.05, 0) is 46.5 Å². The predicted molar refractivity (Wildman–Crippen MR) is 76.6 cm³/mol. The van der Waals surface area contributed by atoms with Crippen LogP contribution in [-0.4, -0.2) is 5.91 Å². The molecule has 0 fully saturated rings. The molecule has 2 nitrogen and oxygen atoms in total. The molecule has 4 heteroatoms. The first-order chi connectivity index (χ1) is 7.93. The summed E-state index contributed by atoms with van der Waals surface area (Å²) in [6.45, 7) is 6.07. The molecule has 1 aromatic rings. The maximum Gasteiger partial charge on any atom is 0.224 e. The fourth-order valence-corrected chi connectivity index (χ4v) is 2.12. The number of rotatable bonds is 4. The molecule has 1 rings (SSSR count). The summed E-state index contributed by atoms with van der Waals surface area (Å²) in [4.78, 5) is 11.8.